The number of hydrogen-bond acceptors (Lipinski definition) is 2. The summed E-state index contributed by atoms with van der Waals surface area (Å²) in [6, 6.07) is 2.42. The van der Waals surface area contributed by atoms with Crippen molar-refractivity contribution in [2.24, 2.45) is 5.92 Å². The maximum absolute atomic E-state index is 9.40. The van der Waals surface area contributed by atoms with E-state index in [0.29, 0.717) is 5.92 Å². The molecule has 1 aliphatic heterocycles. The Morgan fingerprint density at radius 1 is 1.19 bits per heavy atom. The maximum Gasteiger partial charge on any atom is 0.149 e. The molecule has 3 rings (SSSR count). The molecule has 0 spiro atoms. The van der Waals surface area contributed by atoms with Gasteiger partial charge >= 0.3 is 0 Å². The SMILES string of the molecule is N#CC1(Cl)CC2CCCCC21N1CCCC1. The Morgan fingerprint density at radius 2 is 1.94 bits per heavy atom. The van der Waals surface area contributed by atoms with Crippen LogP contribution in [0, 0.1) is 17.2 Å². The predicted octanol–water partition coefficient (Wildman–Crippen LogP) is 2.92. The van der Waals surface area contributed by atoms with Gasteiger partial charge in [-0.1, -0.05) is 12.8 Å². The Bertz CT molecular complexity index is 331. The molecule has 3 unspecified atom stereocenters. The first-order valence-electron chi connectivity index (χ1n) is 6.58. The normalized spacial score (nSPS) is 48.1. The molecule has 1 heterocycles. The number of rotatable bonds is 1. The van der Waals surface area contributed by atoms with Crippen LogP contribution in [0.5, 0.6) is 0 Å². The van der Waals surface area contributed by atoms with Crippen LogP contribution in [0.3, 0.4) is 0 Å². The molecule has 3 heteroatoms. The van der Waals surface area contributed by atoms with Gasteiger partial charge in [0.15, 0.2) is 0 Å². The molecule has 2 saturated carbocycles. The molecular weight excluding hydrogens is 220 g/mol. The van der Waals surface area contributed by atoms with Crippen LogP contribution in [0.1, 0.15) is 44.9 Å². The minimum Gasteiger partial charge on any atom is -0.295 e. The second kappa shape index (κ2) is 3.62. The Labute approximate surface area is 103 Å². The van der Waals surface area contributed by atoms with Crippen LogP contribution in [-0.4, -0.2) is 28.4 Å². The van der Waals surface area contributed by atoms with Crippen molar-refractivity contribution in [3.8, 4) is 6.07 Å². The van der Waals surface area contributed by atoms with Gasteiger partial charge in [0.2, 0.25) is 0 Å². The lowest BCUT2D eigenvalue weighted by molar-refractivity contribution is -0.0809. The summed E-state index contributed by atoms with van der Waals surface area (Å²) in [5.41, 5.74) is 0.0397. The molecule has 1 saturated heterocycles. The molecule has 0 N–H and O–H groups in total. The zero-order valence-corrected chi connectivity index (χ0v) is 10.5. The molecule has 0 bridgehead atoms. The van der Waals surface area contributed by atoms with Gasteiger partial charge in [0.05, 0.1) is 11.6 Å². The highest BCUT2D eigenvalue weighted by molar-refractivity contribution is 6.27. The summed E-state index contributed by atoms with van der Waals surface area (Å²) < 4.78 is 0. The first kappa shape index (κ1) is 10.9. The number of halogens is 1. The van der Waals surface area contributed by atoms with Gasteiger partial charge < -0.3 is 0 Å². The predicted molar refractivity (Wildman–Crippen MR) is 64.3 cm³/mol. The third-order valence-corrected chi connectivity index (χ3v) is 5.66. The zero-order valence-electron chi connectivity index (χ0n) is 9.71. The summed E-state index contributed by atoms with van der Waals surface area (Å²) in [5.74, 6) is 0.691. The number of nitrogens with zero attached hydrogens (tertiary/aromatic N) is 2. The first-order chi connectivity index (χ1) is 7.73. The van der Waals surface area contributed by atoms with Crippen LogP contribution in [0.2, 0.25) is 0 Å². The second-order valence-electron chi connectivity index (χ2n) is 5.68. The van der Waals surface area contributed by atoms with Crippen molar-refractivity contribution in [2.45, 2.75) is 55.4 Å². The molecule has 16 heavy (non-hydrogen) atoms. The van der Waals surface area contributed by atoms with Gasteiger partial charge in [-0.2, -0.15) is 5.26 Å². The van der Waals surface area contributed by atoms with Crippen molar-refractivity contribution in [2.75, 3.05) is 13.1 Å². The van der Waals surface area contributed by atoms with E-state index in [2.05, 4.69) is 11.0 Å². The topological polar surface area (TPSA) is 27.0 Å². The van der Waals surface area contributed by atoms with Gasteiger partial charge in [-0.25, -0.2) is 0 Å². The highest BCUT2D eigenvalue weighted by Crippen LogP contribution is 2.61. The number of nitriles is 1. The molecule has 88 valence electrons. The van der Waals surface area contributed by atoms with Crippen molar-refractivity contribution in [1.82, 2.24) is 4.90 Å². The number of likely N-dealkylation sites (tertiary alicyclic amines) is 1. The van der Waals surface area contributed by atoms with Crippen LogP contribution in [0.15, 0.2) is 0 Å². The van der Waals surface area contributed by atoms with Gasteiger partial charge in [0, 0.05) is 0 Å². The zero-order chi connectivity index (χ0) is 11.2. The average Bonchev–Trinajstić information content (AvgIpc) is 2.81. The van der Waals surface area contributed by atoms with E-state index >= 15 is 0 Å². The summed E-state index contributed by atoms with van der Waals surface area (Å²) >= 11 is 6.60. The van der Waals surface area contributed by atoms with E-state index in [1.165, 1.54) is 32.1 Å². The van der Waals surface area contributed by atoms with Gasteiger partial charge in [0.1, 0.15) is 4.87 Å². The van der Waals surface area contributed by atoms with Crippen molar-refractivity contribution in [3.63, 3.8) is 0 Å². The molecule has 0 radical (unpaired) electrons. The van der Waals surface area contributed by atoms with Crippen LogP contribution >= 0.6 is 11.6 Å². The molecule has 3 atom stereocenters. The van der Waals surface area contributed by atoms with E-state index in [1.54, 1.807) is 0 Å². The van der Waals surface area contributed by atoms with Crippen LogP contribution in [0.25, 0.3) is 0 Å². The van der Waals surface area contributed by atoms with Crippen molar-refractivity contribution >= 4 is 11.6 Å². The third kappa shape index (κ3) is 1.17. The molecule has 2 nitrogen and oxygen atoms in total. The lowest BCUT2D eigenvalue weighted by Gasteiger charge is -2.64. The minimum atomic E-state index is -0.581. The summed E-state index contributed by atoms with van der Waals surface area (Å²) in [5, 5.41) is 9.40. The molecule has 0 amide bonds. The van der Waals surface area contributed by atoms with E-state index in [1.807, 2.05) is 0 Å². The summed E-state index contributed by atoms with van der Waals surface area (Å²) in [7, 11) is 0. The van der Waals surface area contributed by atoms with E-state index in [9.17, 15) is 5.26 Å². The van der Waals surface area contributed by atoms with E-state index in [0.717, 1.165) is 25.9 Å². The molecule has 2 aliphatic carbocycles. The van der Waals surface area contributed by atoms with Gasteiger partial charge in [0.25, 0.3) is 0 Å². The Kier molecular flexibility index (Phi) is 2.46. The number of hydrogen-bond donors (Lipinski definition) is 0. The number of alkyl halides is 1. The van der Waals surface area contributed by atoms with E-state index in [-0.39, 0.29) is 5.54 Å². The summed E-state index contributed by atoms with van der Waals surface area (Å²) in [6.45, 7) is 2.32. The summed E-state index contributed by atoms with van der Waals surface area (Å²) in [4.78, 5) is 1.97. The van der Waals surface area contributed by atoms with Gasteiger partial charge in [-0.3, -0.25) is 4.90 Å². The van der Waals surface area contributed by atoms with Gasteiger partial charge in [-0.05, 0) is 51.1 Å². The molecule has 0 aromatic heterocycles. The third-order valence-electron chi connectivity index (χ3n) is 5.10. The second-order valence-corrected chi connectivity index (χ2v) is 6.32. The highest BCUT2D eigenvalue weighted by Gasteiger charge is 2.68. The van der Waals surface area contributed by atoms with Crippen molar-refractivity contribution in [1.29, 1.82) is 5.26 Å². The Hall–Kier alpha value is -0.260. The summed E-state index contributed by atoms with van der Waals surface area (Å²) in [6.07, 6.45) is 8.50. The smallest absolute Gasteiger partial charge is 0.149 e. The average molecular weight is 239 g/mol. The van der Waals surface area contributed by atoms with E-state index in [4.69, 9.17) is 11.6 Å². The Morgan fingerprint density at radius 3 is 2.56 bits per heavy atom. The fourth-order valence-corrected chi connectivity index (χ4v) is 4.89. The van der Waals surface area contributed by atoms with Crippen LogP contribution in [0.4, 0.5) is 0 Å². The van der Waals surface area contributed by atoms with Crippen molar-refractivity contribution < 1.29 is 0 Å². The minimum absolute atomic E-state index is 0.0397. The first-order valence-corrected chi connectivity index (χ1v) is 6.96. The van der Waals surface area contributed by atoms with E-state index < -0.39 is 4.87 Å². The van der Waals surface area contributed by atoms with Crippen LogP contribution < -0.4 is 0 Å². The molecule has 0 aromatic carbocycles. The van der Waals surface area contributed by atoms with Crippen LogP contribution in [-0.2, 0) is 0 Å². The lowest BCUT2D eigenvalue weighted by atomic mass is 9.52. The van der Waals surface area contributed by atoms with Crippen molar-refractivity contribution in [3.05, 3.63) is 0 Å². The lowest BCUT2D eigenvalue weighted by Crippen LogP contribution is -2.74. The fraction of sp³-hybridized carbons (Fsp3) is 0.923. The largest absolute Gasteiger partial charge is 0.295 e. The highest BCUT2D eigenvalue weighted by atomic mass is 35.5. The molecule has 3 fully saturated rings. The molecule has 3 aliphatic rings. The number of fused-ring (bicyclic) bond motifs is 1. The van der Waals surface area contributed by atoms with Gasteiger partial charge in [-0.15, -0.1) is 11.6 Å². The maximum atomic E-state index is 9.40. The standard InChI is InChI=1S/C13H19ClN2/c14-12(10-15)9-11-5-1-2-6-13(11,12)16-7-3-4-8-16/h11H,1-9H2. The molecule has 0 aromatic rings. The molecular formula is C13H19ClN2. The fourth-order valence-electron chi connectivity index (χ4n) is 4.33. The Balaban J connectivity index is 1.94. The quantitative estimate of drug-likeness (QED) is 0.657. The monoisotopic (exact) mass is 238 g/mol.